The van der Waals surface area contributed by atoms with E-state index >= 15 is 0 Å². The summed E-state index contributed by atoms with van der Waals surface area (Å²) in [5.41, 5.74) is -2.60. The van der Waals surface area contributed by atoms with Crippen molar-refractivity contribution in [3.63, 3.8) is 0 Å². The Morgan fingerprint density at radius 3 is 1.02 bits per heavy atom. The third kappa shape index (κ3) is 24.5. The Bertz CT molecular complexity index is 1240. The topological polar surface area (TPSA) is 200 Å². The quantitative estimate of drug-likeness (QED) is 0.168. The van der Waals surface area contributed by atoms with Crippen molar-refractivity contribution in [1.29, 1.82) is 0 Å². The molecule has 0 aromatic carbocycles. The van der Waals surface area contributed by atoms with E-state index in [0.717, 1.165) is 0 Å². The van der Waals surface area contributed by atoms with Crippen LogP contribution < -0.4 is 0 Å². The number of allylic oxidation sites excluding steroid dienone is 1. The van der Waals surface area contributed by atoms with Crippen molar-refractivity contribution in [3.05, 3.63) is 12.3 Å². The van der Waals surface area contributed by atoms with Crippen LogP contribution in [0.4, 0.5) is 0 Å². The SMILES string of the molecule is C=C1OC(=O)C(C)C1C.C=O.CC(=O)C(C)(C)C(=O)CO.CC(=O)C(C)(C)C(C)=O.CC(=O)C(C)CC(C)C(C)=O.CC(C)(C)C(=O)CC(=O)C(C)(C)C. The average molecular weight is 769 g/mol. The van der Waals surface area contributed by atoms with Crippen LogP contribution >= 0.6 is 0 Å². The van der Waals surface area contributed by atoms with Crippen LogP contribution in [0.2, 0.25) is 0 Å². The van der Waals surface area contributed by atoms with Crippen LogP contribution in [0.15, 0.2) is 12.3 Å². The van der Waals surface area contributed by atoms with E-state index in [1.807, 2.05) is 76.0 Å². The lowest BCUT2D eigenvalue weighted by Crippen LogP contribution is -2.33. The number of carbonyl (C=O) groups excluding carboxylic acids is 10. The Kier molecular flexibility index (Phi) is 28.7. The van der Waals surface area contributed by atoms with Gasteiger partial charge in [-0.05, 0) is 68.7 Å². The van der Waals surface area contributed by atoms with Crippen LogP contribution in [0, 0.1) is 45.3 Å². The number of aliphatic hydroxyl groups excluding tert-OH is 1. The van der Waals surface area contributed by atoms with E-state index in [0.29, 0.717) is 12.2 Å². The molecule has 4 unspecified atom stereocenters. The van der Waals surface area contributed by atoms with Gasteiger partial charge in [-0.25, -0.2) is 0 Å². The lowest BCUT2D eigenvalue weighted by molar-refractivity contribution is -0.140. The molecule has 0 amide bonds. The van der Waals surface area contributed by atoms with Crippen molar-refractivity contribution in [2.24, 2.45) is 45.3 Å². The first-order valence-corrected chi connectivity index (χ1v) is 17.9. The molecule has 0 bridgehead atoms. The zero-order chi connectivity index (χ0) is 44.9. The van der Waals surface area contributed by atoms with Crippen LogP contribution in [-0.4, -0.2) is 70.7 Å². The zero-order valence-corrected chi connectivity index (χ0v) is 36.8. The molecule has 1 saturated heterocycles. The summed E-state index contributed by atoms with van der Waals surface area (Å²) in [4.78, 5) is 106. The fourth-order valence-corrected chi connectivity index (χ4v) is 2.98. The highest BCUT2D eigenvalue weighted by atomic mass is 16.5. The van der Waals surface area contributed by atoms with Crippen molar-refractivity contribution < 1.29 is 57.8 Å². The van der Waals surface area contributed by atoms with Crippen molar-refractivity contribution >= 4 is 59.0 Å². The number of cyclic esters (lactones) is 1. The molecule has 54 heavy (non-hydrogen) atoms. The third-order valence-corrected chi connectivity index (χ3v) is 9.43. The van der Waals surface area contributed by atoms with E-state index in [-0.39, 0.29) is 76.5 Å². The summed E-state index contributed by atoms with van der Waals surface area (Å²) >= 11 is 0. The minimum atomic E-state index is -1.02. The molecule has 12 heteroatoms. The number of esters is 1. The van der Waals surface area contributed by atoms with E-state index in [9.17, 15) is 43.2 Å². The van der Waals surface area contributed by atoms with Crippen molar-refractivity contribution in [1.82, 2.24) is 0 Å². The number of hydrogen-bond donors (Lipinski definition) is 1. The molecule has 312 valence electrons. The number of ketones is 8. The van der Waals surface area contributed by atoms with E-state index in [2.05, 4.69) is 6.58 Å². The van der Waals surface area contributed by atoms with Gasteiger partial charge in [-0.15, -0.1) is 0 Å². The number of carbonyl (C=O) groups is 10. The van der Waals surface area contributed by atoms with E-state index in [4.69, 9.17) is 14.6 Å². The maximum Gasteiger partial charge on any atom is 0.314 e. The van der Waals surface area contributed by atoms with Gasteiger partial charge in [0.05, 0.1) is 23.2 Å². The molecule has 1 N–H and O–H groups in total. The second-order valence-electron chi connectivity index (χ2n) is 16.7. The molecule has 1 aliphatic heterocycles. The molecule has 4 atom stereocenters. The summed E-state index contributed by atoms with van der Waals surface area (Å²) in [5.74, 6) is 0.269. The van der Waals surface area contributed by atoms with Crippen molar-refractivity contribution in [2.75, 3.05) is 6.61 Å². The molecule has 12 nitrogen and oxygen atoms in total. The van der Waals surface area contributed by atoms with Gasteiger partial charge in [0.2, 0.25) is 0 Å². The summed E-state index contributed by atoms with van der Waals surface area (Å²) < 4.78 is 4.75. The largest absolute Gasteiger partial charge is 0.431 e. The molecule has 1 heterocycles. The number of ether oxygens (including phenoxy) is 1. The average Bonchev–Trinajstić information content (AvgIpc) is 3.25. The lowest BCUT2D eigenvalue weighted by atomic mass is 9.82. The maximum absolute atomic E-state index is 11.5. The Balaban J connectivity index is -0.000000184. The summed E-state index contributed by atoms with van der Waals surface area (Å²) in [5, 5.41) is 8.42. The summed E-state index contributed by atoms with van der Waals surface area (Å²) in [6.45, 7) is 37.2. The minimum absolute atomic E-state index is 0.00231. The third-order valence-electron chi connectivity index (χ3n) is 9.43. The van der Waals surface area contributed by atoms with Crippen LogP contribution in [0.1, 0.15) is 144 Å². The van der Waals surface area contributed by atoms with Crippen molar-refractivity contribution in [2.45, 2.75) is 144 Å². The smallest absolute Gasteiger partial charge is 0.314 e. The normalized spacial score (nSPS) is 16.1. The van der Waals surface area contributed by atoms with Gasteiger partial charge in [0.25, 0.3) is 0 Å². The van der Waals surface area contributed by atoms with Gasteiger partial charge in [-0.3, -0.25) is 43.2 Å². The fourth-order valence-electron chi connectivity index (χ4n) is 2.98. The van der Waals surface area contributed by atoms with Crippen LogP contribution in [0.25, 0.3) is 0 Å². The molecule has 0 radical (unpaired) electrons. The summed E-state index contributed by atoms with van der Waals surface area (Å²) in [6, 6.07) is 0. The number of Topliss-reactive ketones (excluding diaryl/α,β-unsaturated/α-hetero) is 8. The first kappa shape index (κ1) is 59.5. The van der Waals surface area contributed by atoms with Crippen LogP contribution in [0.5, 0.6) is 0 Å². The van der Waals surface area contributed by atoms with Gasteiger partial charge < -0.3 is 14.6 Å². The van der Waals surface area contributed by atoms with Gasteiger partial charge in [0.1, 0.15) is 59.6 Å². The van der Waals surface area contributed by atoms with Gasteiger partial charge >= 0.3 is 5.97 Å². The minimum Gasteiger partial charge on any atom is -0.431 e. The second kappa shape index (κ2) is 26.1. The number of rotatable bonds is 11. The van der Waals surface area contributed by atoms with Gasteiger partial charge in [0.15, 0.2) is 5.78 Å². The standard InChI is InChI=1S/C11H20O2.C9H16O2.C7H12O3.C7H10O2.C7H12O2.CH2O/c1-10(2,3)8(12)7-9(13)11(4,5)6;1-6(8(3)10)5-7(2)9(4)11;1-5(9)7(2,3)6(10)4-8;1-4-5(2)7(8)9-6(4)3;1-5(8)7(3,4)6(2)9;1-2/h7H2,1-6H3;6-7H,5H2,1-4H3;8H,4H2,1-3H3;4-5H,3H2,1-2H3;1-4H3;1H2. The van der Waals surface area contributed by atoms with Gasteiger partial charge in [-0.1, -0.05) is 75.8 Å². The highest BCUT2D eigenvalue weighted by Gasteiger charge is 2.33. The first-order valence-electron chi connectivity index (χ1n) is 17.9. The molecule has 0 aliphatic carbocycles. The van der Waals surface area contributed by atoms with Crippen LogP contribution in [0.3, 0.4) is 0 Å². The second-order valence-corrected chi connectivity index (χ2v) is 16.7. The number of aliphatic hydroxyl groups is 1. The molecule has 0 spiro atoms. The molecule has 1 fully saturated rings. The fraction of sp³-hybridized carbons (Fsp3) is 0.714. The van der Waals surface area contributed by atoms with Gasteiger partial charge in [0, 0.05) is 28.6 Å². The highest BCUT2D eigenvalue weighted by molar-refractivity contribution is 6.06. The predicted molar refractivity (Wildman–Crippen MR) is 210 cm³/mol. The Morgan fingerprint density at radius 1 is 0.611 bits per heavy atom. The molecular formula is C42H72O12. The van der Waals surface area contributed by atoms with Crippen LogP contribution in [-0.2, 0) is 52.7 Å². The molecule has 0 aromatic rings. The Morgan fingerprint density at radius 2 is 0.907 bits per heavy atom. The lowest BCUT2D eigenvalue weighted by Gasteiger charge is -2.20. The molecule has 0 saturated carbocycles. The first-order chi connectivity index (χ1) is 23.9. The highest BCUT2D eigenvalue weighted by Crippen LogP contribution is 2.29. The van der Waals surface area contributed by atoms with E-state index in [1.54, 1.807) is 27.7 Å². The van der Waals surface area contributed by atoms with E-state index in [1.165, 1.54) is 34.6 Å². The summed E-state index contributed by atoms with van der Waals surface area (Å²) in [6.07, 6.45) is 0.748. The molecule has 1 aliphatic rings. The monoisotopic (exact) mass is 769 g/mol. The summed E-state index contributed by atoms with van der Waals surface area (Å²) in [7, 11) is 0. The zero-order valence-electron chi connectivity index (χ0n) is 36.8. The molecule has 0 aromatic heterocycles. The molecule has 1 rings (SSSR count). The van der Waals surface area contributed by atoms with Crippen molar-refractivity contribution in [3.8, 4) is 0 Å². The van der Waals surface area contributed by atoms with E-state index < -0.39 is 34.1 Å². The predicted octanol–water partition coefficient (Wildman–Crippen LogP) is 6.93. The Labute approximate surface area is 325 Å². The van der Waals surface area contributed by atoms with Gasteiger partial charge in [-0.2, -0.15) is 0 Å². The Hall–Kier alpha value is -3.80. The number of hydrogen-bond acceptors (Lipinski definition) is 12. The molecular weight excluding hydrogens is 696 g/mol. The maximum atomic E-state index is 11.5.